The van der Waals surface area contributed by atoms with E-state index in [1.165, 1.54) is 44.9 Å². The normalized spacial score (nSPS) is 38.1. The van der Waals surface area contributed by atoms with Gasteiger partial charge >= 0.3 is 0 Å². The van der Waals surface area contributed by atoms with E-state index in [1.807, 2.05) is 0 Å². The average Bonchev–Trinajstić information content (AvgIpc) is 2.86. The van der Waals surface area contributed by atoms with Gasteiger partial charge in [0.25, 0.3) is 0 Å². The van der Waals surface area contributed by atoms with E-state index in [-0.39, 0.29) is 0 Å². The monoisotopic (exact) mass is 510 g/mol. The van der Waals surface area contributed by atoms with E-state index in [0.717, 1.165) is 19.3 Å². The van der Waals surface area contributed by atoms with Crippen LogP contribution >= 0.6 is 0 Å². The summed E-state index contributed by atoms with van der Waals surface area (Å²) in [6, 6.07) is 0. The predicted octanol–water partition coefficient (Wildman–Crippen LogP) is -0.452. The summed E-state index contributed by atoms with van der Waals surface area (Å²) >= 11 is 0. The van der Waals surface area contributed by atoms with Crippen LogP contribution in [0, 0.1) is 0 Å². The van der Waals surface area contributed by atoms with Crippen molar-refractivity contribution < 1.29 is 54.7 Å². The third kappa shape index (κ3) is 9.11. The van der Waals surface area contributed by atoms with Gasteiger partial charge in [0.15, 0.2) is 12.6 Å². The lowest BCUT2D eigenvalue weighted by Crippen LogP contribution is -2.64. The maximum atomic E-state index is 10.6. The maximum Gasteiger partial charge on any atom is 0.187 e. The number of aliphatic hydroxyl groups excluding tert-OH is 7. The number of hydrogen-bond acceptors (Lipinski definition) is 11. The molecule has 2 heterocycles. The highest BCUT2D eigenvalue weighted by atomic mass is 16.7. The molecule has 35 heavy (non-hydrogen) atoms. The highest BCUT2D eigenvalue weighted by molar-refractivity contribution is 4.94. The van der Waals surface area contributed by atoms with Crippen LogP contribution in [0.5, 0.6) is 0 Å². The second kappa shape index (κ2) is 16.4. The summed E-state index contributed by atoms with van der Waals surface area (Å²) < 4.78 is 22.0. The summed E-state index contributed by atoms with van der Waals surface area (Å²) in [5.41, 5.74) is 0. The number of hydrogen-bond donors (Lipinski definition) is 7. The molecule has 7 N–H and O–H groups in total. The van der Waals surface area contributed by atoms with Crippen LogP contribution < -0.4 is 0 Å². The second-order valence-electron chi connectivity index (χ2n) is 9.56. The van der Waals surface area contributed by atoms with Gasteiger partial charge in [0.2, 0.25) is 0 Å². The largest absolute Gasteiger partial charge is 0.394 e. The SMILES string of the molecule is CCCCCCCCCCCCO[C@@H]1O[C@H](CO)[C@@H](O[C@@H]2O[C@H](CO)[C@@H](O)[C@H](O)[C@H]2O)[C@H](O)[C@H]1O. The molecule has 0 bridgehead atoms. The summed E-state index contributed by atoms with van der Waals surface area (Å²) in [6.45, 7) is 1.31. The number of rotatable bonds is 16. The first-order valence-corrected chi connectivity index (χ1v) is 13.1. The molecular formula is C24H46O11. The molecule has 11 nitrogen and oxygen atoms in total. The number of unbranched alkanes of at least 4 members (excludes halogenated alkanes) is 9. The molecule has 0 aliphatic carbocycles. The Morgan fingerprint density at radius 1 is 0.571 bits per heavy atom. The topological polar surface area (TPSA) is 179 Å². The second-order valence-corrected chi connectivity index (χ2v) is 9.56. The smallest absolute Gasteiger partial charge is 0.187 e. The Hall–Kier alpha value is -0.440. The Bertz CT molecular complexity index is 550. The number of aliphatic hydroxyl groups is 7. The summed E-state index contributed by atoms with van der Waals surface area (Å²) in [5.74, 6) is 0. The van der Waals surface area contributed by atoms with Crippen molar-refractivity contribution in [2.24, 2.45) is 0 Å². The van der Waals surface area contributed by atoms with Gasteiger partial charge in [0, 0.05) is 6.61 Å². The Balaban J connectivity index is 1.74. The molecule has 0 aromatic rings. The lowest BCUT2D eigenvalue weighted by Gasteiger charge is -2.45. The van der Waals surface area contributed by atoms with Crippen molar-refractivity contribution in [2.75, 3.05) is 19.8 Å². The molecule has 0 unspecified atom stereocenters. The molecular weight excluding hydrogens is 464 g/mol. The highest BCUT2D eigenvalue weighted by Crippen LogP contribution is 2.29. The van der Waals surface area contributed by atoms with Crippen molar-refractivity contribution in [1.29, 1.82) is 0 Å². The van der Waals surface area contributed by atoms with E-state index in [0.29, 0.717) is 6.61 Å². The van der Waals surface area contributed by atoms with E-state index < -0.39 is 74.6 Å². The van der Waals surface area contributed by atoms with Crippen molar-refractivity contribution in [1.82, 2.24) is 0 Å². The fourth-order valence-electron chi connectivity index (χ4n) is 4.48. The van der Waals surface area contributed by atoms with Crippen LogP contribution in [0.3, 0.4) is 0 Å². The highest BCUT2D eigenvalue weighted by Gasteiger charge is 2.50. The molecule has 11 heteroatoms. The van der Waals surface area contributed by atoms with E-state index in [1.54, 1.807) is 0 Å². The van der Waals surface area contributed by atoms with Gasteiger partial charge in [-0.25, -0.2) is 0 Å². The lowest BCUT2D eigenvalue weighted by atomic mass is 9.97. The van der Waals surface area contributed by atoms with E-state index in [4.69, 9.17) is 18.9 Å². The Kier molecular flexibility index (Phi) is 14.4. The third-order valence-corrected chi connectivity index (χ3v) is 6.74. The van der Waals surface area contributed by atoms with Crippen molar-refractivity contribution in [2.45, 2.75) is 133 Å². The van der Waals surface area contributed by atoms with Crippen LogP contribution in [-0.4, -0.2) is 117 Å². The molecule has 0 amide bonds. The molecule has 2 rings (SSSR count). The van der Waals surface area contributed by atoms with Crippen molar-refractivity contribution in [3.8, 4) is 0 Å². The zero-order valence-corrected chi connectivity index (χ0v) is 20.7. The third-order valence-electron chi connectivity index (χ3n) is 6.74. The quantitative estimate of drug-likeness (QED) is 0.134. The van der Waals surface area contributed by atoms with Gasteiger partial charge in [-0.1, -0.05) is 64.7 Å². The van der Waals surface area contributed by atoms with Gasteiger partial charge in [-0.3, -0.25) is 0 Å². The summed E-state index contributed by atoms with van der Waals surface area (Å²) in [5, 5.41) is 70.1. The molecule has 0 aromatic carbocycles. The summed E-state index contributed by atoms with van der Waals surface area (Å²) in [7, 11) is 0. The Morgan fingerprint density at radius 3 is 1.66 bits per heavy atom. The van der Waals surface area contributed by atoms with E-state index in [9.17, 15) is 35.7 Å². The minimum Gasteiger partial charge on any atom is -0.394 e. The molecule has 0 saturated carbocycles. The molecule has 0 spiro atoms. The fraction of sp³-hybridized carbons (Fsp3) is 1.00. The van der Waals surface area contributed by atoms with Crippen LogP contribution in [-0.2, 0) is 18.9 Å². The van der Waals surface area contributed by atoms with E-state index in [2.05, 4.69) is 6.92 Å². The van der Waals surface area contributed by atoms with Crippen LogP contribution in [0.2, 0.25) is 0 Å². The van der Waals surface area contributed by atoms with Crippen molar-refractivity contribution in [3.63, 3.8) is 0 Å². The van der Waals surface area contributed by atoms with Crippen LogP contribution in [0.4, 0.5) is 0 Å². The molecule has 0 radical (unpaired) electrons. The average molecular weight is 511 g/mol. The zero-order valence-electron chi connectivity index (χ0n) is 20.7. The standard InChI is InChI=1S/C24H46O11/c1-2-3-4-5-6-7-8-9-10-11-12-32-23-21(31)19(29)22(16(14-26)34-23)35-24-20(30)18(28)17(27)15(13-25)33-24/h15-31H,2-14H2,1H3/t15-,16-,17-,18+,19-,20-,21-,22-,23-,24+/m1/s1. The first-order chi connectivity index (χ1) is 16.8. The maximum absolute atomic E-state index is 10.6. The first-order valence-electron chi connectivity index (χ1n) is 13.1. The fourth-order valence-corrected chi connectivity index (χ4v) is 4.48. The molecule has 208 valence electrons. The van der Waals surface area contributed by atoms with E-state index >= 15 is 0 Å². The van der Waals surface area contributed by atoms with Crippen LogP contribution in [0.25, 0.3) is 0 Å². The molecule has 2 aliphatic heterocycles. The van der Waals surface area contributed by atoms with Gasteiger partial charge in [0.05, 0.1) is 13.2 Å². The van der Waals surface area contributed by atoms with Crippen molar-refractivity contribution in [3.05, 3.63) is 0 Å². The van der Waals surface area contributed by atoms with Crippen LogP contribution in [0.15, 0.2) is 0 Å². The minimum atomic E-state index is -1.69. The van der Waals surface area contributed by atoms with Gasteiger partial charge < -0.3 is 54.7 Å². The van der Waals surface area contributed by atoms with Crippen LogP contribution in [0.1, 0.15) is 71.1 Å². The first kappa shape index (κ1) is 30.8. The predicted molar refractivity (Wildman–Crippen MR) is 124 cm³/mol. The molecule has 2 aliphatic rings. The lowest BCUT2D eigenvalue weighted by molar-refractivity contribution is -0.359. The number of ether oxygens (including phenoxy) is 4. The Labute approximate surface area is 207 Å². The van der Waals surface area contributed by atoms with Gasteiger partial charge in [-0.15, -0.1) is 0 Å². The van der Waals surface area contributed by atoms with Gasteiger partial charge in [0.1, 0.15) is 48.8 Å². The molecule has 2 fully saturated rings. The van der Waals surface area contributed by atoms with Crippen molar-refractivity contribution >= 4 is 0 Å². The van der Waals surface area contributed by atoms with Gasteiger partial charge in [-0.05, 0) is 6.42 Å². The minimum absolute atomic E-state index is 0.321. The molecule has 2 saturated heterocycles. The summed E-state index contributed by atoms with van der Waals surface area (Å²) in [6.07, 6.45) is -2.63. The molecule has 0 aromatic heterocycles. The van der Waals surface area contributed by atoms with Gasteiger partial charge in [-0.2, -0.15) is 0 Å². The Morgan fingerprint density at radius 2 is 1.09 bits per heavy atom. The summed E-state index contributed by atoms with van der Waals surface area (Å²) in [4.78, 5) is 0. The zero-order chi connectivity index (χ0) is 25.8. The molecule has 10 atom stereocenters.